The van der Waals surface area contributed by atoms with Gasteiger partial charge in [-0.1, -0.05) is 88.8 Å². The molecule has 10 aliphatic rings. The number of guanidine groups is 1. The maximum Gasteiger partial charge on any atom is 0.334 e. The number of nitrogens with one attached hydrogen (secondary N) is 1. The van der Waals surface area contributed by atoms with Gasteiger partial charge in [0.1, 0.15) is 22.7 Å². The molecule has 9 aliphatic carbocycles. The first-order valence-electron chi connectivity index (χ1n) is 23.4. The van der Waals surface area contributed by atoms with E-state index in [1.54, 1.807) is 0 Å². The van der Waals surface area contributed by atoms with Gasteiger partial charge in [0, 0.05) is 64.5 Å². The fraction of sp³-hybridized carbons (Fsp3) is 0.577. The normalized spacial score (nSPS) is 46.9. The molecule has 4 saturated carbocycles. The summed E-state index contributed by atoms with van der Waals surface area (Å²) in [6.45, 7) is 11.8. The van der Waals surface area contributed by atoms with Gasteiger partial charge >= 0.3 is 5.97 Å². The number of fused-ring (bicyclic) bond motifs is 3. The topological polar surface area (TPSA) is 229 Å². The zero-order valence-electron chi connectivity index (χ0n) is 37.6. The number of nitrogens with zero attached hydrogens (tertiary/aromatic N) is 1. The van der Waals surface area contributed by atoms with E-state index < -0.39 is 103 Å². The van der Waals surface area contributed by atoms with Crippen molar-refractivity contribution in [2.45, 2.75) is 115 Å². The molecule has 64 heavy (non-hydrogen) atoms. The Bertz CT molecular complexity index is 2600. The molecule has 11 rings (SSSR count). The average Bonchev–Trinajstić information content (AvgIpc) is 3.61. The minimum Gasteiger partial charge on any atom is -0.508 e. The minimum atomic E-state index is -2.29. The Morgan fingerprint density at radius 2 is 1.70 bits per heavy atom. The van der Waals surface area contributed by atoms with Gasteiger partial charge in [-0.15, -0.1) is 0 Å². The molecule has 1 aromatic carbocycles. The van der Waals surface area contributed by atoms with Crippen molar-refractivity contribution in [3.8, 4) is 0 Å². The van der Waals surface area contributed by atoms with Crippen LogP contribution in [0.2, 0.25) is 0 Å². The highest BCUT2D eigenvalue weighted by Crippen LogP contribution is 2.85. The molecule has 10 N–H and O–H groups in total. The molecule has 2 bridgehead atoms. The molecule has 1 aliphatic heterocycles. The van der Waals surface area contributed by atoms with Crippen LogP contribution in [0.4, 0.5) is 0 Å². The van der Waals surface area contributed by atoms with Crippen LogP contribution in [0.15, 0.2) is 98.3 Å². The van der Waals surface area contributed by atoms with Crippen LogP contribution in [0, 0.1) is 63.1 Å². The summed E-state index contributed by atoms with van der Waals surface area (Å²) >= 11 is 0. The second kappa shape index (κ2) is 12.8. The van der Waals surface area contributed by atoms with Crippen LogP contribution in [0.5, 0.6) is 0 Å². The number of ketones is 2. The molecule has 5 fully saturated rings. The molecular formula is C52H62N4O8. The average molecular weight is 871 g/mol. The minimum absolute atomic E-state index is 0.0491. The number of aliphatic hydroxyl groups is 4. The molecule has 15 unspecified atom stereocenters. The van der Waals surface area contributed by atoms with Gasteiger partial charge in [0.05, 0.1) is 11.6 Å². The van der Waals surface area contributed by atoms with Crippen LogP contribution < -0.4 is 16.8 Å². The Kier molecular flexibility index (Phi) is 8.43. The lowest BCUT2D eigenvalue weighted by atomic mass is 9.33. The van der Waals surface area contributed by atoms with Crippen LogP contribution in [-0.4, -0.2) is 84.5 Å². The number of nitrogens with two attached hydrogens (primary N) is 2. The lowest BCUT2D eigenvalue weighted by molar-refractivity contribution is -0.175. The molecule has 1 aromatic rings. The van der Waals surface area contributed by atoms with Gasteiger partial charge in [-0.2, -0.15) is 0 Å². The zero-order valence-corrected chi connectivity index (χ0v) is 37.6. The van der Waals surface area contributed by atoms with Crippen molar-refractivity contribution in [3.63, 3.8) is 0 Å². The molecule has 0 spiro atoms. The van der Waals surface area contributed by atoms with Crippen molar-refractivity contribution in [1.82, 2.24) is 5.32 Å². The monoisotopic (exact) mass is 870 g/mol. The number of hydrogen-bond donors (Lipinski definition) is 8. The predicted octanol–water partition coefficient (Wildman–Crippen LogP) is 5.22. The van der Waals surface area contributed by atoms with E-state index in [2.05, 4.69) is 32.2 Å². The predicted molar refractivity (Wildman–Crippen MR) is 240 cm³/mol. The van der Waals surface area contributed by atoms with Gasteiger partial charge < -0.3 is 42.3 Å². The van der Waals surface area contributed by atoms with Crippen molar-refractivity contribution in [3.05, 3.63) is 98.9 Å². The quantitative estimate of drug-likeness (QED) is 0.0629. The second-order valence-electron chi connectivity index (χ2n) is 22.5. The standard InChI is InChI=1S/C52H62N4O8/c1-24(44(60)61)43(59)51(63)30-16-13-26-20-27-22-50(62)32(15-12-25-10-8-7-9-11-25)41-46(2,3)34(57)18-19-47(41,4)39-40(58)31-17-14-28-21-29(36(51)33(23-55-28)56-45(53)54)37-38(35(26)30)52(27,64)49(6,42(39)50)48(31,37)5/h7-12,15-16,22,28-29,31-33,36-38,41,55,59,62-64H,13-14,17-21,23H2,1-6H3,(H,60,61)(H4,53,54,56). The number of benzene rings is 1. The van der Waals surface area contributed by atoms with E-state index >= 15 is 4.79 Å². The van der Waals surface area contributed by atoms with Crippen molar-refractivity contribution in [2.75, 3.05) is 6.54 Å². The van der Waals surface area contributed by atoms with E-state index in [9.17, 15) is 35.1 Å². The third kappa shape index (κ3) is 4.54. The molecule has 12 heteroatoms. The summed E-state index contributed by atoms with van der Waals surface area (Å²) in [6, 6.07) is 8.86. The van der Waals surface area contributed by atoms with Crippen molar-refractivity contribution >= 4 is 29.6 Å². The number of hydrogen-bond acceptors (Lipinski definition) is 9. The Balaban J connectivity index is 1.28. The maximum atomic E-state index is 16.5. The summed E-state index contributed by atoms with van der Waals surface area (Å²) in [5.41, 5.74) is 6.82. The summed E-state index contributed by atoms with van der Waals surface area (Å²) in [5.74, 6) is -6.87. The Labute approximate surface area is 374 Å². The van der Waals surface area contributed by atoms with Crippen LogP contribution >= 0.6 is 0 Å². The van der Waals surface area contributed by atoms with Crippen molar-refractivity contribution < 1.29 is 39.9 Å². The summed E-state index contributed by atoms with van der Waals surface area (Å²) in [6.07, 6.45) is 10.7. The molecular weight excluding hydrogens is 809 g/mol. The fourth-order valence-corrected chi connectivity index (χ4v) is 17.6. The highest BCUT2D eigenvalue weighted by atomic mass is 16.4. The first-order chi connectivity index (χ1) is 30.0. The van der Waals surface area contributed by atoms with Crippen LogP contribution in [0.3, 0.4) is 0 Å². The zero-order chi connectivity index (χ0) is 45.6. The lowest BCUT2D eigenvalue weighted by Crippen LogP contribution is -2.72. The van der Waals surface area contributed by atoms with E-state index in [-0.39, 0.29) is 43.0 Å². The molecule has 0 aromatic heterocycles. The first-order valence-corrected chi connectivity index (χ1v) is 23.4. The summed E-state index contributed by atoms with van der Waals surface area (Å²) in [4.78, 5) is 48.3. The first kappa shape index (κ1) is 42.0. The van der Waals surface area contributed by atoms with E-state index in [1.807, 2.05) is 62.4 Å². The number of carbonyl (C=O) groups is 3. The van der Waals surface area contributed by atoms with Gasteiger partial charge in [-0.25, -0.2) is 9.79 Å². The largest absolute Gasteiger partial charge is 0.508 e. The lowest BCUT2D eigenvalue weighted by Gasteiger charge is -2.70. The number of rotatable bonds is 5. The molecule has 0 radical (unpaired) electrons. The number of Topliss-reactive ketones (excluding diaryl/α,β-unsaturated/α-hetero) is 2. The number of carboxylic acid groups (broad SMARTS) is 1. The van der Waals surface area contributed by atoms with Gasteiger partial charge in [0.2, 0.25) is 0 Å². The molecule has 1 saturated heterocycles. The maximum absolute atomic E-state index is 16.5. The van der Waals surface area contributed by atoms with Crippen molar-refractivity contribution in [2.24, 2.45) is 79.5 Å². The summed E-state index contributed by atoms with van der Waals surface area (Å²) in [5, 5.41) is 69.3. The van der Waals surface area contributed by atoms with Crippen LogP contribution in [0.25, 0.3) is 6.08 Å². The van der Waals surface area contributed by atoms with E-state index in [0.29, 0.717) is 60.0 Å². The third-order valence-corrected chi connectivity index (χ3v) is 19.9. The number of carboxylic acids is 1. The highest BCUT2D eigenvalue weighted by molar-refractivity contribution is 6.04. The van der Waals surface area contributed by atoms with E-state index in [0.717, 1.165) is 11.1 Å². The van der Waals surface area contributed by atoms with Gasteiger partial charge in [-0.05, 0) is 103 Å². The molecule has 338 valence electrons. The van der Waals surface area contributed by atoms with Crippen LogP contribution in [0.1, 0.15) is 92.1 Å². The summed E-state index contributed by atoms with van der Waals surface area (Å²) < 4.78 is 0. The Morgan fingerprint density at radius 1 is 0.984 bits per heavy atom. The molecule has 1 heterocycles. The molecule has 15 atom stereocenters. The second-order valence-corrected chi connectivity index (χ2v) is 22.5. The highest BCUT2D eigenvalue weighted by Gasteiger charge is 2.87. The fourth-order valence-electron chi connectivity index (χ4n) is 17.6. The van der Waals surface area contributed by atoms with Gasteiger partial charge in [0.25, 0.3) is 0 Å². The summed E-state index contributed by atoms with van der Waals surface area (Å²) in [7, 11) is 0. The Hall–Kier alpha value is -4.62. The molecule has 0 amide bonds. The number of aliphatic carboxylic acids is 1. The van der Waals surface area contributed by atoms with Gasteiger partial charge in [0.15, 0.2) is 17.3 Å². The van der Waals surface area contributed by atoms with Crippen LogP contribution in [-0.2, 0) is 14.4 Å². The van der Waals surface area contributed by atoms with E-state index in [1.165, 1.54) is 6.92 Å². The van der Waals surface area contributed by atoms with Crippen molar-refractivity contribution in [1.29, 1.82) is 0 Å². The number of carbonyl (C=O) groups excluding carboxylic acids is 2. The van der Waals surface area contributed by atoms with E-state index in [4.69, 9.17) is 16.5 Å². The number of allylic oxidation sites excluding steroid dienone is 3. The smallest absolute Gasteiger partial charge is 0.334 e. The number of aliphatic imine (C=N–C) groups is 1. The Morgan fingerprint density at radius 3 is 2.39 bits per heavy atom. The third-order valence-electron chi connectivity index (χ3n) is 19.9. The SMILES string of the molecule is CC(C(=O)O)=C(O)C1(O)C2=CCC3=C2C2C4C5CC(CCC6C(=O)C7=C8C(O)(C=C(C3)C2(O)C8(C)C64C)C(C=Cc2ccccc2)C2C(C)(C)C(=O)CCC72C)NCC(N=C(N)N)C51. The molecule has 12 nitrogen and oxygen atoms in total. The number of aliphatic hydroxyl groups excluding tert-OH is 1. The van der Waals surface area contributed by atoms with Gasteiger partial charge in [-0.3, -0.25) is 9.59 Å².